The van der Waals surface area contributed by atoms with E-state index in [9.17, 15) is 9.59 Å². The average molecular weight is 486 g/mol. The lowest BCUT2D eigenvalue weighted by molar-refractivity contribution is -0.138. The number of fused-ring (bicyclic) bond motifs is 1. The SMILES string of the molecule is CCOc1ccc(-n2c(C(C)N(Cc3ccco3)C(=O)C3CCCC3)nc3ccccc3c2=O)cc1. The highest BCUT2D eigenvalue weighted by atomic mass is 16.5. The molecule has 0 aliphatic heterocycles. The number of rotatable bonds is 8. The molecule has 36 heavy (non-hydrogen) atoms. The van der Waals surface area contributed by atoms with Gasteiger partial charge in [0.05, 0.1) is 42.0 Å². The highest BCUT2D eigenvalue weighted by molar-refractivity contribution is 5.80. The molecule has 0 saturated heterocycles. The molecule has 4 aromatic rings. The number of furan rings is 1. The lowest BCUT2D eigenvalue weighted by Crippen LogP contribution is -2.39. The van der Waals surface area contributed by atoms with Crippen molar-refractivity contribution in [3.63, 3.8) is 0 Å². The number of ether oxygens (including phenoxy) is 1. The van der Waals surface area contributed by atoms with E-state index >= 15 is 0 Å². The molecule has 1 unspecified atom stereocenters. The molecule has 7 heteroatoms. The minimum absolute atomic E-state index is 0.0199. The van der Waals surface area contributed by atoms with Crippen LogP contribution in [-0.2, 0) is 11.3 Å². The Morgan fingerprint density at radius 3 is 2.56 bits per heavy atom. The van der Waals surface area contributed by atoms with Crippen LogP contribution in [0.3, 0.4) is 0 Å². The Bertz CT molecular complexity index is 1390. The summed E-state index contributed by atoms with van der Waals surface area (Å²) in [4.78, 5) is 34.3. The van der Waals surface area contributed by atoms with Gasteiger partial charge in [-0.1, -0.05) is 25.0 Å². The van der Waals surface area contributed by atoms with Crippen LogP contribution in [-0.4, -0.2) is 27.0 Å². The highest BCUT2D eigenvalue weighted by Gasteiger charge is 2.33. The number of benzene rings is 2. The largest absolute Gasteiger partial charge is 0.494 e. The molecule has 0 N–H and O–H groups in total. The molecular weight excluding hydrogens is 454 g/mol. The Morgan fingerprint density at radius 1 is 1.11 bits per heavy atom. The first-order valence-electron chi connectivity index (χ1n) is 12.6. The molecule has 0 radical (unpaired) electrons. The molecule has 0 bridgehead atoms. The number of hydrogen-bond acceptors (Lipinski definition) is 5. The molecule has 1 aliphatic carbocycles. The molecule has 1 fully saturated rings. The number of aromatic nitrogens is 2. The molecule has 2 aromatic heterocycles. The summed E-state index contributed by atoms with van der Waals surface area (Å²) in [5.41, 5.74) is 1.12. The van der Waals surface area contributed by atoms with Gasteiger partial charge in [0, 0.05) is 5.92 Å². The molecule has 0 spiro atoms. The van der Waals surface area contributed by atoms with E-state index in [1.807, 2.05) is 73.3 Å². The number of hydrogen-bond donors (Lipinski definition) is 0. The Morgan fingerprint density at radius 2 is 1.86 bits per heavy atom. The van der Waals surface area contributed by atoms with Crippen molar-refractivity contribution in [2.45, 2.75) is 52.1 Å². The predicted octanol–water partition coefficient (Wildman–Crippen LogP) is 5.66. The van der Waals surface area contributed by atoms with Crippen LogP contribution in [0.2, 0.25) is 0 Å². The van der Waals surface area contributed by atoms with Crippen molar-refractivity contribution in [3.8, 4) is 11.4 Å². The first-order valence-corrected chi connectivity index (χ1v) is 12.6. The summed E-state index contributed by atoms with van der Waals surface area (Å²) in [6.45, 7) is 4.75. The monoisotopic (exact) mass is 485 g/mol. The molecule has 2 heterocycles. The standard InChI is InChI=1S/C29H31N3O4/c1-3-35-23-16-14-22(15-17-23)32-27(30-26-13-7-6-12-25(26)29(32)34)20(2)31(19-24-11-8-18-36-24)28(33)21-9-4-5-10-21/h6-8,11-18,20-21H,3-5,9-10,19H2,1-2H3. The Hall–Kier alpha value is -3.87. The van der Waals surface area contributed by atoms with Crippen LogP contribution in [0, 0.1) is 5.92 Å². The van der Waals surface area contributed by atoms with E-state index in [1.165, 1.54) is 0 Å². The van der Waals surface area contributed by atoms with Crippen LogP contribution in [0.4, 0.5) is 0 Å². The van der Waals surface area contributed by atoms with Gasteiger partial charge in [-0.3, -0.25) is 14.2 Å². The zero-order valence-electron chi connectivity index (χ0n) is 20.7. The molecule has 7 nitrogen and oxygen atoms in total. The van der Waals surface area contributed by atoms with E-state index in [0.29, 0.717) is 41.3 Å². The maximum Gasteiger partial charge on any atom is 0.266 e. The van der Waals surface area contributed by atoms with Crippen molar-refractivity contribution in [1.82, 2.24) is 14.5 Å². The number of para-hydroxylation sites is 1. The first kappa shape index (κ1) is 23.9. The minimum Gasteiger partial charge on any atom is -0.494 e. The lowest BCUT2D eigenvalue weighted by Gasteiger charge is -2.32. The summed E-state index contributed by atoms with van der Waals surface area (Å²) in [5.74, 6) is 2.00. The fraction of sp³-hybridized carbons (Fsp3) is 0.345. The van der Waals surface area contributed by atoms with Gasteiger partial charge >= 0.3 is 0 Å². The normalized spacial score (nSPS) is 14.7. The molecule has 1 aliphatic rings. The highest BCUT2D eigenvalue weighted by Crippen LogP contribution is 2.32. The lowest BCUT2D eigenvalue weighted by atomic mass is 10.0. The second kappa shape index (κ2) is 10.4. The van der Waals surface area contributed by atoms with E-state index in [2.05, 4.69) is 0 Å². The summed E-state index contributed by atoms with van der Waals surface area (Å²) >= 11 is 0. The van der Waals surface area contributed by atoms with E-state index in [0.717, 1.165) is 31.4 Å². The number of nitrogens with zero attached hydrogens (tertiary/aromatic N) is 3. The zero-order chi connectivity index (χ0) is 25.1. The van der Waals surface area contributed by atoms with Gasteiger partial charge in [0.2, 0.25) is 5.91 Å². The maximum atomic E-state index is 13.8. The van der Waals surface area contributed by atoms with Crippen LogP contribution in [0.15, 0.2) is 76.1 Å². The third-order valence-corrected chi connectivity index (χ3v) is 6.94. The van der Waals surface area contributed by atoms with Crippen molar-refractivity contribution in [3.05, 3.63) is 88.9 Å². The Labute approximate surface area is 210 Å². The Kier molecular flexibility index (Phi) is 6.89. The third kappa shape index (κ3) is 4.65. The molecule has 1 saturated carbocycles. The van der Waals surface area contributed by atoms with Gasteiger partial charge in [0.15, 0.2) is 0 Å². The van der Waals surface area contributed by atoms with Crippen molar-refractivity contribution in [2.75, 3.05) is 6.61 Å². The minimum atomic E-state index is -0.466. The first-order chi connectivity index (χ1) is 17.6. The van der Waals surface area contributed by atoms with E-state index in [-0.39, 0.29) is 17.4 Å². The molecule has 1 amide bonds. The molecule has 5 rings (SSSR count). The fourth-order valence-electron chi connectivity index (χ4n) is 5.06. The van der Waals surface area contributed by atoms with Crippen molar-refractivity contribution >= 4 is 16.8 Å². The van der Waals surface area contributed by atoms with Crippen molar-refractivity contribution < 1.29 is 13.9 Å². The smallest absolute Gasteiger partial charge is 0.266 e. The summed E-state index contributed by atoms with van der Waals surface area (Å²) in [7, 11) is 0. The van der Waals surface area contributed by atoms with Gasteiger partial charge in [0.1, 0.15) is 17.3 Å². The average Bonchev–Trinajstić information content (AvgIpc) is 3.62. The van der Waals surface area contributed by atoms with Gasteiger partial charge in [-0.05, 0) is 75.2 Å². The molecule has 186 valence electrons. The van der Waals surface area contributed by atoms with Gasteiger partial charge < -0.3 is 14.1 Å². The second-order valence-electron chi connectivity index (χ2n) is 9.26. The summed E-state index contributed by atoms with van der Waals surface area (Å²) in [6.07, 6.45) is 5.51. The summed E-state index contributed by atoms with van der Waals surface area (Å²) < 4.78 is 12.8. The quantitative estimate of drug-likeness (QED) is 0.322. The van der Waals surface area contributed by atoms with E-state index < -0.39 is 6.04 Å². The number of amides is 1. The summed E-state index contributed by atoms with van der Waals surface area (Å²) in [5, 5.41) is 0.530. The van der Waals surface area contributed by atoms with Crippen LogP contribution in [0.5, 0.6) is 5.75 Å². The van der Waals surface area contributed by atoms with Gasteiger partial charge in [0.25, 0.3) is 5.56 Å². The van der Waals surface area contributed by atoms with E-state index in [1.54, 1.807) is 16.9 Å². The third-order valence-electron chi connectivity index (χ3n) is 6.94. The van der Waals surface area contributed by atoms with Gasteiger partial charge in [-0.2, -0.15) is 0 Å². The van der Waals surface area contributed by atoms with Crippen LogP contribution < -0.4 is 10.3 Å². The van der Waals surface area contributed by atoms with Crippen molar-refractivity contribution in [2.24, 2.45) is 5.92 Å². The van der Waals surface area contributed by atoms with Crippen LogP contribution in [0.1, 0.15) is 57.2 Å². The topological polar surface area (TPSA) is 77.6 Å². The van der Waals surface area contributed by atoms with E-state index in [4.69, 9.17) is 14.1 Å². The molecular formula is C29H31N3O4. The number of carbonyl (C=O) groups is 1. The van der Waals surface area contributed by atoms with Gasteiger partial charge in [-0.25, -0.2) is 4.98 Å². The number of carbonyl (C=O) groups excluding carboxylic acids is 1. The second-order valence-corrected chi connectivity index (χ2v) is 9.26. The summed E-state index contributed by atoms with van der Waals surface area (Å²) in [6, 6.07) is 18.0. The molecule has 1 atom stereocenters. The van der Waals surface area contributed by atoms with Crippen molar-refractivity contribution in [1.29, 1.82) is 0 Å². The van der Waals surface area contributed by atoms with Gasteiger partial charge in [-0.15, -0.1) is 0 Å². The zero-order valence-corrected chi connectivity index (χ0v) is 20.7. The maximum absolute atomic E-state index is 13.8. The Balaban J connectivity index is 1.64. The fourth-order valence-corrected chi connectivity index (χ4v) is 5.06. The molecule has 2 aromatic carbocycles. The predicted molar refractivity (Wildman–Crippen MR) is 138 cm³/mol. The van der Waals surface area contributed by atoms with Crippen LogP contribution in [0.25, 0.3) is 16.6 Å². The van der Waals surface area contributed by atoms with Crippen LogP contribution >= 0.6 is 0 Å².